The zero-order valence-corrected chi connectivity index (χ0v) is 14.1. The minimum absolute atomic E-state index is 0.668. The normalized spacial score (nSPS) is 10.8. The SMILES string of the molecule is COCCCOc1c(C)cc(Br)cc1CNCCOC. The van der Waals surface area contributed by atoms with Crippen LogP contribution in [-0.2, 0) is 16.0 Å². The summed E-state index contributed by atoms with van der Waals surface area (Å²) in [5.41, 5.74) is 2.30. The van der Waals surface area contributed by atoms with Crippen LogP contribution in [0.15, 0.2) is 16.6 Å². The van der Waals surface area contributed by atoms with E-state index in [-0.39, 0.29) is 0 Å². The average molecular weight is 346 g/mol. The van der Waals surface area contributed by atoms with E-state index < -0.39 is 0 Å². The molecule has 0 heterocycles. The number of ether oxygens (including phenoxy) is 3. The molecular weight excluding hydrogens is 322 g/mol. The van der Waals surface area contributed by atoms with E-state index in [1.807, 2.05) is 0 Å². The van der Waals surface area contributed by atoms with Crippen molar-refractivity contribution in [2.75, 3.05) is 40.6 Å². The van der Waals surface area contributed by atoms with Crippen molar-refractivity contribution in [1.29, 1.82) is 0 Å². The largest absolute Gasteiger partial charge is 0.493 e. The van der Waals surface area contributed by atoms with Crippen molar-refractivity contribution in [2.24, 2.45) is 0 Å². The summed E-state index contributed by atoms with van der Waals surface area (Å²) in [6.07, 6.45) is 0.891. The summed E-state index contributed by atoms with van der Waals surface area (Å²) in [7, 11) is 3.41. The number of hydrogen-bond donors (Lipinski definition) is 1. The smallest absolute Gasteiger partial charge is 0.126 e. The van der Waals surface area contributed by atoms with Crippen LogP contribution in [0, 0.1) is 6.92 Å². The lowest BCUT2D eigenvalue weighted by Crippen LogP contribution is -2.19. The van der Waals surface area contributed by atoms with E-state index in [9.17, 15) is 0 Å². The molecule has 0 radical (unpaired) electrons. The van der Waals surface area contributed by atoms with Crippen molar-refractivity contribution in [3.63, 3.8) is 0 Å². The van der Waals surface area contributed by atoms with Gasteiger partial charge in [-0.3, -0.25) is 0 Å². The molecule has 0 atom stereocenters. The van der Waals surface area contributed by atoms with Gasteiger partial charge in [0.15, 0.2) is 0 Å². The predicted molar refractivity (Wildman–Crippen MR) is 84.4 cm³/mol. The van der Waals surface area contributed by atoms with Crippen molar-refractivity contribution < 1.29 is 14.2 Å². The summed E-state index contributed by atoms with van der Waals surface area (Å²) in [5, 5.41) is 3.35. The Kier molecular flexibility index (Phi) is 8.85. The van der Waals surface area contributed by atoms with Crippen molar-refractivity contribution >= 4 is 15.9 Å². The third-order valence-corrected chi connectivity index (χ3v) is 3.31. The number of nitrogens with one attached hydrogen (secondary N) is 1. The maximum atomic E-state index is 5.91. The number of aryl methyl sites for hydroxylation is 1. The molecule has 0 spiro atoms. The van der Waals surface area contributed by atoms with E-state index in [0.29, 0.717) is 13.2 Å². The van der Waals surface area contributed by atoms with Crippen LogP contribution in [-0.4, -0.2) is 40.6 Å². The van der Waals surface area contributed by atoms with Gasteiger partial charge in [0.25, 0.3) is 0 Å². The first kappa shape index (κ1) is 17.4. The molecule has 1 rings (SSSR count). The fourth-order valence-corrected chi connectivity index (χ4v) is 2.53. The lowest BCUT2D eigenvalue weighted by Gasteiger charge is -2.15. The lowest BCUT2D eigenvalue weighted by molar-refractivity contribution is 0.171. The third-order valence-electron chi connectivity index (χ3n) is 2.85. The molecule has 0 fully saturated rings. The first-order valence-electron chi connectivity index (χ1n) is 6.79. The molecule has 0 amide bonds. The van der Waals surface area contributed by atoms with Gasteiger partial charge in [0.2, 0.25) is 0 Å². The second-order valence-corrected chi connectivity index (χ2v) is 5.49. The first-order chi connectivity index (χ1) is 9.69. The van der Waals surface area contributed by atoms with E-state index in [1.165, 1.54) is 0 Å². The van der Waals surface area contributed by atoms with Crippen LogP contribution in [0.1, 0.15) is 17.5 Å². The van der Waals surface area contributed by atoms with Crippen molar-refractivity contribution in [1.82, 2.24) is 5.32 Å². The Morgan fingerprint density at radius 2 is 1.85 bits per heavy atom. The summed E-state index contributed by atoms with van der Waals surface area (Å²) in [6, 6.07) is 4.17. The van der Waals surface area contributed by atoms with E-state index in [4.69, 9.17) is 14.2 Å². The lowest BCUT2D eigenvalue weighted by atomic mass is 10.1. The fourth-order valence-electron chi connectivity index (χ4n) is 1.91. The molecule has 114 valence electrons. The van der Waals surface area contributed by atoms with Gasteiger partial charge in [-0.15, -0.1) is 0 Å². The predicted octanol–water partition coefficient (Wildman–Crippen LogP) is 2.91. The molecule has 0 saturated heterocycles. The Labute approximate surface area is 129 Å². The molecule has 0 aromatic heterocycles. The highest BCUT2D eigenvalue weighted by atomic mass is 79.9. The highest BCUT2D eigenvalue weighted by Crippen LogP contribution is 2.28. The van der Waals surface area contributed by atoms with Gasteiger partial charge in [-0.25, -0.2) is 0 Å². The zero-order valence-electron chi connectivity index (χ0n) is 12.5. The second kappa shape index (κ2) is 10.2. The molecule has 5 heteroatoms. The molecule has 0 bridgehead atoms. The van der Waals surface area contributed by atoms with Gasteiger partial charge in [0.05, 0.1) is 13.2 Å². The van der Waals surface area contributed by atoms with Crippen LogP contribution in [0.3, 0.4) is 0 Å². The summed E-state index contributed by atoms with van der Waals surface area (Å²) in [6.45, 7) is 5.75. The van der Waals surface area contributed by atoms with Crippen LogP contribution in [0.5, 0.6) is 5.75 Å². The highest BCUT2D eigenvalue weighted by molar-refractivity contribution is 9.10. The quantitative estimate of drug-likeness (QED) is 0.662. The van der Waals surface area contributed by atoms with Crippen molar-refractivity contribution in [2.45, 2.75) is 19.9 Å². The summed E-state index contributed by atoms with van der Waals surface area (Å²) in [4.78, 5) is 0. The standard InChI is InChI=1S/C15H24BrNO3/c1-12-9-14(16)10-13(11-17-5-8-19-3)15(12)20-7-4-6-18-2/h9-10,17H,4-8,11H2,1-3H3. The maximum absolute atomic E-state index is 5.91. The van der Waals surface area contributed by atoms with E-state index >= 15 is 0 Å². The summed E-state index contributed by atoms with van der Waals surface area (Å²) in [5.74, 6) is 0.967. The molecule has 1 aromatic carbocycles. The number of benzene rings is 1. The van der Waals surface area contributed by atoms with Crippen LogP contribution in [0.4, 0.5) is 0 Å². The average Bonchev–Trinajstić information content (AvgIpc) is 2.41. The summed E-state index contributed by atoms with van der Waals surface area (Å²) >= 11 is 3.53. The van der Waals surface area contributed by atoms with E-state index in [1.54, 1.807) is 14.2 Å². The van der Waals surface area contributed by atoms with E-state index in [2.05, 4.69) is 40.3 Å². The Hall–Kier alpha value is -0.620. The minimum Gasteiger partial charge on any atom is -0.493 e. The first-order valence-corrected chi connectivity index (χ1v) is 7.58. The van der Waals surface area contributed by atoms with Gasteiger partial charge in [-0.05, 0) is 24.6 Å². The monoisotopic (exact) mass is 345 g/mol. The van der Waals surface area contributed by atoms with Gasteiger partial charge in [0.1, 0.15) is 5.75 Å². The second-order valence-electron chi connectivity index (χ2n) is 4.58. The van der Waals surface area contributed by atoms with Crippen molar-refractivity contribution in [3.8, 4) is 5.75 Å². The molecular formula is C15H24BrNO3. The Bertz CT molecular complexity index is 399. The maximum Gasteiger partial charge on any atom is 0.126 e. The van der Waals surface area contributed by atoms with Crippen molar-refractivity contribution in [3.05, 3.63) is 27.7 Å². The van der Waals surface area contributed by atoms with Crippen LogP contribution < -0.4 is 10.1 Å². The van der Waals surface area contributed by atoms with Crippen LogP contribution in [0.25, 0.3) is 0 Å². The topological polar surface area (TPSA) is 39.7 Å². The zero-order chi connectivity index (χ0) is 14.8. The molecule has 1 N–H and O–H groups in total. The van der Waals surface area contributed by atoms with Crippen LogP contribution >= 0.6 is 15.9 Å². The number of rotatable bonds is 10. The molecule has 0 aliphatic carbocycles. The number of methoxy groups -OCH3 is 2. The van der Waals surface area contributed by atoms with Gasteiger partial charge in [-0.1, -0.05) is 15.9 Å². The number of hydrogen-bond acceptors (Lipinski definition) is 4. The molecule has 20 heavy (non-hydrogen) atoms. The van der Waals surface area contributed by atoms with Gasteiger partial charge >= 0.3 is 0 Å². The molecule has 0 unspecified atom stereocenters. The van der Waals surface area contributed by atoms with Crippen LogP contribution in [0.2, 0.25) is 0 Å². The van der Waals surface area contributed by atoms with Gasteiger partial charge in [0, 0.05) is 50.4 Å². The highest BCUT2D eigenvalue weighted by Gasteiger charge is 2.09. The van der Waals surface area contributed by atoms with Gasteiger partial charge < -0.3 is 19.5 Å². The molecule has 0 saturated carbocycles. The Morgan fingerprint density at radius 1 is 1.10 bits per heavy atom. The molecule has 1 aromatic rings. The molecule has 4 nitrogen and oxygen atoms in total. The fraction of sp³-hybridized carbons (Fsp3) is 0.600. The minimum atomic E-state index is 0.668. The summed E-state index contributed by atoms with van der Waals surface area (Å²) < 4.78 is 17.1. The molecule has 0 aliphatic rings. The van der Waals surface area contributed by atoms with E-state index in [0.717, 1.165) is 47.5 Å². The molecule has 0 aliphatic heterocycles. The Morgan fingerprint density at radius 3 is 2.55 bits per heavy atom. The third kappa shape index (κ3) is 6.22. The van der Waals surface area contributed by atoms with Gasteiger partial charge in [-0.2, -0.15) is 0 Å². The number of halogens is 1. The Balaban J connectivity index is 2.63.